The molecule has 1 rings (SSSR count). The summed E-state index contributed by atoms with van der Waals surface area (Å²) in [6.45, 7) is 0. The summed E-state index contributed by atoms with van der Waals surface area (Å²) in [6, 6.07) is 1.61. The number of aliphatic hydroxyl groups is 2. The molecule has 0 saturated carbocycles. The molecule has 0 aliphatic heterocycles. The molecule has 84 valence electrons. The van der Waals surface area contributed by atoms with Crippen LogP contribution in [-0.2, 0) is 9.53 Å². The molecule has 0 unspecified atom stereocenters. The molecule has 0 aliphatic carbocycles. The van der Waals surface area contributed by atoms with Crippen molar-refractivity contribution in [1.29, 1.82) is 0 Å². The number of carbonyl (C=O) groups excluding carboxylic acids is 1. The van der Waals surface area contributed by atoms with Gasteiger partial charge >= 0.3 is 5.97 Å². The molecule has 1 aromatic rings. The third-order valence-corrected chi connectivity index (χ3v) is 2.05. The smallest absolute Gasteiger partial charge is 0.308 e. The summed E-state index contributed by atoms with van der Waals surface area (Å²) in [4.78, 5) is 10.8. The summed E-state index contributed by atoms with van der Waals surface area (Å²) in [7, 11) is 1.25. The van der Waals surface area contributed by atoms with E-state index in [9.17, 15) is 15.0 Å². The average Bonchev–Trinajstić information content (AvgIpc) is 2.70. The lowest BCUT2D eigenvalue weighted by Crippen LogP contribution is -2.17. The predicted octanol–water partition coefficient (Wildman–Crippen LogP) is 0.627. The fraction of sp³-hybridized carbons (Fsp3) is 0.500. The van der Waals surface area contributed by atoms with Crippen molar-refractivity contribution in [2.24, 2.45) is 0 Å². The maximum atomic E-state index is 10.8. The molecule has 5 heteroatoms. The first-order chi connectivity index (χ1) is 7.13. The molecule has 1 aromatic heterocycles. The van der Waals surface area contributed by atoms with Crippen LogP contribution in [0.3, 0.4) is 0 Å². The van der Waals surface area contributed by atoms with Gasteiger partial charge in [-0.05, 0) is 6.07 Å². The standard InChI is InChI=1S/C10H14O5/c1-14-10(13)5-8(11)4-9(12)7-2-3-15-6-7/h2-3,6,8-9,11-12H,4-5H2,1H3/t8-,9+/m0/s1. The molecule has 0 amide bonds. The van der Waals surface area contributed by atoms with Crippen LogP contribution in [0, 0.1) is 0 Å². The number of furan rings is 1. The highest BCUT2D eigenvalue weighted by molar-refractivity contribution is 5.69. The predicted molar refractivity (Wildman–Crippen MR) is 50.9 cm³/mol. The van der Waals surface area contributed by atoms with Gasteiger partial charge in [0.2, 0.25) is 0 Å². The monoisotopic (exact) mass is 214 g/mol. The van der Waals surface area contributed by atoms with Crippen molar-refractivity contribution in [3.8, 4) is 0 Å². The van der Waals surface area contributed by atoms with Crippen LogP contribution in [0.1, 0.15) is 24.5 Å². The first-order valence-electron chi connectivity index (χ1n) is 4.58. The Labute approximate surface area is 87.3 Å². The van der Waals surface area contributed by atoms with Crippen molar-refractivity contribution in [3.63, 3.8) is 0 Å². The zero-order valence-corrected chi connectivity index (χ0v) is 8.42. The van der Waals surface area contributed by atoms with Crippen molar-refractivity contribution in [2.75, 3.05) is 7.11 Å². The van der Waals surface area contributed by atoms with Gasteiger partial charge in [0.05, 0.1) is 38.3 Å². The van der Waals surface area contributed by atoms with E-state index in [4.69, 9.17) is 4.42 Å². The molecule has 0 radical (unpaired) electrons. The number of aliphatic hydroxyl groups excluding tert-OH is 2. The number of carbonyl (C=O) groups is 1. The molecule has 0 saturated heterocycles. The minimum Gasteiger partial charge on any atom is -0.472 e. The van der Waals surface area contributed by atoms with E-state index in [0.29, 0.717) is 5.56 Å². The van der Waals surface area contributed by atoms with Crippen LogP contribution in [0.2, 0.25) is 0 Å². The summed E-state index contributed by atoms with van der Waals surface area (Å²) >= 11 is 0. The Morgan fingerprint density at radius 2 is 2.33 bits per heavy atom. The molecule has 15 heavy (non-hydrogen) atoms. The van der Waals surface area contributed by atoms with Gasteiger partial charge in [-0.2, -0.15) is 0 Å². The zero-order chi connectivity index (χ0) is 11.3. The Bertz CT molecular complexity index is 293. The normalized spacial score (nSPS) is 14.6. The minimum absolute atomic E-state index is 0.0780. The van der Waals surface area contributed by atoms with Gasteiger partial charge in [0.1, 0.15) is 0 Å². The topological polar surface area (TPSA) is 79.9 Å². The number of methoxy groups -OCH3 is 1. The van der Waals surface area contributed by atoms with E-state index in [1.165, 1.54) is 19.6 Å². The van der Waals surface area contributed by atoms with Crippen LogP contribution < -0.4 is 0 Å². The second-order valence-corrected chi connectivity index (χ2v) is 3.24. The minimum atomic E-state index is -0.914. The molecule has 2 N–H and O–H groups in total. The number of rotatable bonds is 5. The fourth-order valence-corrected chi connectivity index (χ4v) is 1.22. The highest BCUT2D eigenvalue weighted by Crippen LogP contribution is 2.19. The second kappa shape index (κ2) is 5.53. The Hall–Kier alpha value is -1.33. The van der Waals surface area contributed by atoms with E-state index in [1.54, 1.807) is 6.07 Å². The Morgan fingerprint density at radius 1 is 1.60 bits per heavy atom. The lowest BCUT2D eigenvalue weighted by molar-refractivity contribution is -0.143. The van der Waals surface area contributed by atoms with Gasteiger partial charge in [-0.25, -0.2) is 0 Å². The van der Waals surface area contributed by atoms with Gasteiger partial charge in [0.25, 0.3) is 0 Å². The first kappa shape index (κ1) is 11.7. The lowest BCUT2D eigenvalue weighted by Gasteiger charge is -2.13. The Balaban J connectivity index is 2.38. The molecular formula is C10H14O5. The van der Waals surface area contributed by atoms with Gasteiger partial charge in [-0.1, -0.05) is 0 Å². The van der Waals surface area contributed by atoms with E-state index >= 15 is 0 Å². The number of hydrogen-bond acceptors (Lipinski definition) is 5. The maximum absolute atomic E-state index is 10.8. The lowest BCUT2D eigenvalue weighted by atomic mass is 10.0. The van der Waals surface area contributed by atoms with Crippen molar-refractivity contribution in [3.05, 3.63) is 24.2 Å². The van der Waals surface area contributed by atoms with E-state index in [2.05, 4.69) is 4.74 Å². The van der Waals surface area contributed by atoms with Gasteiger partial charge < -0.3 is 19.4 Å². The van der Waals surface area contributed by atoms with Crippen molar-refractivity contribution in [1.82, 2.24) is 0 Å². The van der Waals surface area contributed by atoms with Crippen molar-refractivity contribution < 1.29 is 24.2 Å². The van der Waals surface area contributed by atoms with E-state index in [-0.39, 0.29) is 12.8 Å². The van der Waals surface area contributed by atoms with Gasteiger partial charge in [0.15, 0.2) is 0 Å². The Kier molecular flexibility index (Phi) is 4.33. The quantitative estimate of drug-likeness (QED) is 0.702. The number of ether oxygens (including phenoxy) is 1. The summed E-state index contributed by atoms with van der Waals surface area (Å²) < 4.78 is 9.18. The summed E-state index contributed by atoms with van der Waals surface area (Å²) in [5.41, 5.74) is 0.582. The van der Waals surface area contributed by atoms with Crippen LogP contribution in [0.5, 0.6) is 0 Å². The third kappa shape index (κ3) is 3.73. The SMILES string of the molecule is COC(=O)C[C@@H](O)C[C@@H](O)c1ccoc1. The molecular weight excluding hydrogens is 200 g/mol. The summed E-state index contributed by atoms with van der Waals surface area (Å²) in [5, 5.41) is 19.0. The number of esters is 1. The average molecular weight is 214 g/mol. The van der Waals surface area contributed by atoms with Crippen LogP contribution in [-0.4, -0.2) is 29.4 Å². The molecule has 0 aliphatic rings. The van der Waals surface area contributed by atoms with Crippen molar-refractivity contribution >= 4 is 5.97 Å². The molecule has 5 nitrogen and oxygen atoms in total. The van der Waals surface area contributed by atoms with Gasteiger partial charge in [-0.3, -0.25) is 4.79 Å². The molecule has 1 heterocycles. The summed E-state index contributed by atoms with van der Waals surface area (Å²) in [5.74, 6) is -0.498. The van der Waals surface area contributed by atoms with E-state index in [0.717, 1.165) is 0 Å². The Morgan fingerprint density at radius 3 is 2.87 bits per heavy atom. The highest BCUT2D eigenvalue weighted by atomic mass is 16.5. The molecule has 0 bridgehead atoms. The zero-order valence-electron chi connectivity index (χ0n) is 8.42. The van der Waals surface area contributed by atoms with E-state index < -0.39 is 18.2 Å². The fourth-order valence-electron chi connectivity index (χ4n) is 1.22. The molecule has 0 fully saturated rings. The number of hydrogen-bond donors (Lipinski definition) is 2. The third-order valence-electron chi connectivity index (χ3n) is 2.05. The van der Waals surface area contributed by atoms with Crippen LogP contribution in [0.25, 0.3) is 0 Å². The van der Waals surface area contributed by atoms with Gasteiger partial charge in [0, 0.05) is 12.0 Å². The maximum Gasteiger partial charge on any atom is 0.308 e. The van der Waals surface area contributed by atoms with Crippen molar-refractivity contribution in [2.45, 2.75) is 25.0 Å². The summed E-state index contributed by atoms with van der Waals surface area (Å²) in [6.07, 6.45) is 1.05. The highest BCUT2D eigenvalue weighted by Gasteiger charge is 2.17. The molecule has 0 spiro atoms. The molecule has 0 aromatic carbocycles. The second-order valence-electron chi connectivity index (χ2n) is 3.24. The van der Waals surface area contributed by atoms with Crippen LogP contribution in [0.4, 0.5) is 0 Å². The molecule has 2 atom stereocenters. The van der Waals surface area contributed by atoms with E-state index in [1.807, 2.05) is 0 Å². The largest absolute Gasteiger partial charge is 0.472 e. The van der Waals surface area contributed by atoms with Crippen LogP contribution >= 0.6 is 0 Å². The first-order valence-corrected chi connectivity index (χ1v) is 4.58. The van der Waals surface area contributed by atoms with Gasteiger partial charge in [-0.15, -0.1) is 0 Å². The van der Waals surface area contributed by atoms with Crippen LogP contribution in [0.15, 0.2) is 23.0 Å².